The molecule has 0 saturated carbocycles. The van der Waals surface area contributed by atoms with E-state index in [0.717, 1.165) is 38.2 Å². The van der Waals surface area contributed by atoms with E-state index in [-0.39, 0.29) is 5.82 Å². The van der Waals surface area contributed by atoms with Crippen LogP contribution in [0.2, 0.25) is 0 Å². The SMILES string of the molecule is Fc1c#cc(C#Cc2c3ccccc3c(C#Cc3ccc(F)cc3)c3ccccc23)cc1. The van der Waals surface area contributed by atoms with Crippen molar-refractivity contribution in [2.45, 2.75) is 0 Å². The predicted octanol–water partition coefficient (Wildman–Crippen LogP) is 6.67. The number of halogens is 2. The molecule has 5 rings (SSSR count). The van der Waals surface area contributed by atoms with Gasteiger partial charge in [-0.15, -0.1) is 0 Å². The van der Waals surface area contributed by atoms with Gasteiger partial charge in [0.25, 0.3) is 0 Å². The van der Waals surface area contributed by atoms with Crippen molar-refractivity contribution < 1.29 is 8.78 Å². The summed E-state index contributed by atoms with van der Waals surface area (Å²) in [5.41, 5.74) is 3.08. The summed E-state index contributed by atoms with van der Waals surface area (Å²) in [6.45, 7) is 0. The molecule has 0 fully saturated rings. The smallest absolute Gasteiger partial charge is 0.173 e. The third kappa shape index (κ3) is 3.77. The average Bonchev–Trinajstić information content (AvgIpc) is 2.83. The van der Waals surface area contributed by atoms with E-state index in [2.05, 4.69) is 35.8 Å². The van der Waals surface area contributed by atoms with Gasteiger partial charge in [0, 0.05) is 16.7 Å². The third-order valence-corrected chi connectivity index (χ3v) is 5.14. The zero-order chi connectivity index (χ0) is 21.9. The summed E-state index contributed by atoms with van der Waals surface area (Å²) in [5, 5.41) is 3.93. The molecular weight excluding hydrogens is 398 g/mol. The van der Waals surface area contributed by atoms with E-state index >= 15 is 0 Å². The van der Waals surface area contributed by atoms with Gasteiger partial charge in [-0.1, -0.05) is 78.3 Å². The van der Waals surface area contributed by atoms with E-state index in [9.17, 15) is 8.78 Å². The van der Waals surface area contributed by atoms with Crippen LogP contribution in [0.5, 0.6) is 0 Å². The predicted molar refractivity (Wildman–Crippen MR) is 124 cm³/mol. The number of benzene rings is 4. The van der Waals surface area contributed by atoms with Gasteiger partial charge in [-0.25, -0.2) is 4.39 Å². The molecule has 0 aliphatic rings. The van der Waals surface area contributed by atoms with Crippen LogP contribution in [-0.4, -0.2) is 0 Å². The Morgan fingerprint density at radius 2 is 1.03 bits per heavy atom. The van der Waals surface area contributed by atoms with E-state index in [1.54, 1.807) is 18.2 Å². The second kappa shape index (κ2) is 8.28. The number of rotatable bonds is 0. The van der Waals surface area contributed by atoms with Crippen molar-refractivity contribution in [2.24, 2.45) is 0 Å². The number of hydrogen-bond donors (Lipinski definition) is 0. The Morgan fingerprint density at radius 3 is 1.53 bits per heavy atom. The zero-order valence-electron chi connectivity index (χ0n) is 16.8. The van der Waals surface area contributed by atoms with Crippen molar-refractivity contribution in [3.63, 3.8) is 0 Å². The van der Waals surface area contributed by atoms with Crippen LogP contribution in [0.1, 0.15) is 22.3 Å². The van der Waals surface area contributed by atoms with Crippen LogP contribution in [0, 0.1) is 47.4 Å². The summed E-state index contributed by atoms with van der Waals surface area (Å²) in [5.74, 6) is 12.0. The second-order valence-corrected chi connectivity index (χ2v) is 7.19. The van der Waals surface area contributed by atoms with E-state index in [4.69, 9.17) is 0 Å². The van der Waals surface area contributed by atoms with Crippen molar-refractivity contribution in [3.8, 4) is 23.7 Å². The lowest BCUT2D eigenvalue weighted by Gasteiger charge is -2.10. The molecular formula is C30H14F2. The van der Waals surface area contributed by atoms with E-state index in [0.29, 0.717) is 5.56 Å². The minimum Gasteiger partial charge on any atom is -0.207 e. The summed E-state index contributed by atoms with van der Waals surface area (Å²) >= 11 is 0. The van der Waals surface area contributed by atoms with Crippen molar-refractivity contribution in [1.29, 1.82) is 0 Å². The molecule has 0 aromatic heterocycles. The molecule has 0 saturated heterocycles. The minimum absolute atomic E-state index is 0.287. The molecule has 5 aromatic rings. The molecule has 32 heavy (non-hydrogen) atoms. The van der Waals surface area contributed by atoms with Crippen LogP contribution >= 0.6 is 0 Å². The first-order chi connectivity index (χ1) is 15.7. The Hall–Kier alpha value is -4.58. The molecule has 0 radical (unpaired) electrons. The van der Waals surface area contributed by atoms with Gasteiger partial charge >= 0.3 is 0 Å². The summed E-state index contributed by atoms with van der Waals surface area (Å²) in [4.78, 5) is 0. The highest BCUT2D eigenvalue weighted by Gasteiger charge is 2.11. The fourth-order valence-electron chi connectivity index (χ4n) is 3.64. The van der Waals surface area contributed by atoms with Crippen LogP contribution in [-0.2, 0) is 0 Å². The maximum atomic E-state index is 13.2. The van der Waals surface area contributed by atoms with Crippen molar-refractivity contribution in [3.05, 3.63) is 131 Å². The van der Waals surface area contributed by atoms with Crippen molar-refractivity contribution >= 4 is 21.5 Å². The van der Waals surface area contributed by atoms with Gasteiger partial charge in [0.2, 0.25) is 0 Å². The van der Waals surface area contributed by atoms with Gasteiger partial charge in [-0.2, -0.15) is 4.39 Å². The third-order valence-electron chi connectivity index (χ3n) is 5.14. The van der Waals surface area contributed by atoms with Crippen molar-refractivity contribution in [1.82, 2.24) is 0 Å². The molecule has 0 N–H and O–H groups in total. The summed E-state index contributed by atoms with van der Waals surface area (Å²) in [7, 11) is 0. The van der Waals surface area contributed by atoms with E-state index in [1.807, 2.05) is 48.5 Å². The lowest BCUT2D eigenvalue weighted by Crippen LogP contribution is -1.90. The highest BCUT2D eigenvalue weighted by Crippen LogP contribution is 2.32. The first-order valence-corrected chi connectivity index (χ1v) is 10.0. The number of fused-ring (bicyclic) bond motifs is 2. The molecule has 0 heterocycles. The topological polar surface area (TPSA) is 0 Å². The Morgan fingerprint density at radius 1 is 0.500 bits per heavy atom. The van der Waals surface area contributed by atoms with Gasteiger partial charge in [0.05, 0.1) is 5.56 Å². The lowest BCUT2D eigenvalue weighted by atomic mass is 9.92. The molecule has 0 bridgehead atoms. The molecule has 0 amide bonds. The highest BCUT2D eigenvalue weighted by molar-refractivity contribution is 6.09. The second-order valence-electron chi connectivity index (χ2n) is 7.19. The standard InChI is InChI=1S/C30H14F2/c31-23-15-9-21(10-16-23)13-19-29-25-5-1-2-6-26(25)30(28-8-4-3-7-27(28)29)20-14-22-11-17-24(32)18-12-22/h1-11,15-17H. The summed E-state index contributed by atoms with van der Waals surface area (Å²) < 4.78 is 26.4. The highest BCUT2D eigenvalue weighted by atomic mass is 19.1. The van der Waals surface area contributed by atoms with Crippen LogP contribution in [0.15, 0.2) is 84.9 Å². The number of hydrogen-bond acceptors (Lipinski definition) is 0. The monoisotopic (exact) mass is 412 g/mol. The molecule has 2 heteroatoms. The van der Waals surface area contributed by atoms with Gasteiger partial charge in [0.15, 0.2) is 5.82 Å². The largest absolute Gasteiger partial charge is 0.207 e. The first kappa shape index (κ1) is 19.4. The Bertz CT molecular complexity index is 1390. The molecule has 0 atom stereocenters. The maximum Gasteiger partial charge on any atom is 0.173 e. The zero-order valence-corrected chi connectivity index (χ0v) is 16.8. The molecule has 148 valence electrons. The fourth-order valence-corrected chi connectivity index (χ4v) is 3.64. The molecule has 0 aliphatic carbocycles. The quantitative estimate of drug-likeness (QED) is 0.197. The summed E-state index contributed by atoms with van der Waals surface area (Å²) in [6, 6.07) is 30.2. The molecule has 0 aliphatic heterocycles. The Balaban J connectivity index is 1.75. The first-order valence-electron chi connectivity index (χ1n) is 10.0. The molecule has 0 nitrogen and oxygen atoms in total. The summed E-state index contributed by atoms with van der Waals surface area (Å²) in [6.07, 6.45) is 0. The average molecular weight is 412 g/mol. The molecule has 0 spiro atoms. The van der Waals surface area contributed by atoms with Crippen LogP contribution in [0.4, 0.5) is 8.78 Å². The van der Waals surface area contributed by atoms with Gasteiger partial charge < -0.3 is 0 Å². The normalized spacial score (nSPS) is 10.1. The molecule has 0 unspecified atom stereocenters. The van der Waals surface area contributed by atoms with Crippen LogP contribution < -0.4 is 0 Å². The van der Waals surface area contributed by atoms with Crippen molar-refractivity contribution in [2.75, 3.05) is 0 Å². The Labute approximate surface area is 185 Å². The van der Waals surface area contributed by atoms with E-state index < -0.39 is 5.82 Å². The maximum absolute atomic E-state index is 13.2. The minimum atomic E-state index is -0.462. The van der Waals surface area contributed by atoms with Crippen LogP contribution in [0.3, 0.4) is 0 Å². The fraction of sp³-hybridized carbons (Fsp3) is 0. The van der Waals surface area contributed by atoms with Crippen LogP contribution in [0.25, 0.3) is 21.5 Å². The van der Waals surface area contributed by atoms with Gasteiger partial charge in [0.1, 0.15) is 5.82 Å². The van der Waals surface area contributed by atoms with E-state index in [1.165, 1.54) is 18.2 Å². The van der Waals surface area contributed by atoms with Gasteiger partial charge in [-0.3, -0.25) is 0 Å². The van der Waals surface area contributed by atoms with Gasteiger partial charge in [-0.05, 0) is 64.0 Å². The molecule has 5 aromatic carbocycles. The lowest BCUT2D eigenvalue weighted by molar-refractivity contribution is 0.627. The Kier molecular flexibility index (Phi) is 5.01.